The van der Waals surface area contributed by atoms with Gasteiger partial charge in [0.05, 0.1) is 21.4 Å². The standard InChI is InChI=1S/C14H15FO6S/c1-4-14(2,3)21-12-9-10(5-6-11(12)15)13(16)20-7-8-22(17,18)19/h1,5-6,9H,7-8H2,2-3H3,(H,17,18,19)/p-1. The second-order valence-electron chi connectivity index (χ2n) is 4.80. The number of esters is 1. The Morgan fingerprint density at radius 1 is 1.45 bits per heavy atom. The lowest BCUT2D eigenvalue weighted by Crippen LogP contribution is -2.26. The van der Waals surface area contributed by atoms with Crippen LogP contribution < -0.4 is 4.74 Å². The van der Waals surface area contributed by atoms with E-state index in [0.29, 0.717) is 0 Å². The highest BCUT2D eigenvalue weighted by Crippen LogP contribution is 2.23. The number of ether oxygens (including phenoxy) is 2. The van der Waals surface area contributed by atoms with Gasteiger partial charge in [0.15, 0.2) is 17.2 Å². The monoisotopic (exact) mass is 329 g/mol. The van der Waals surface area contributed by atoms with Crippen molar-refractivity contribution < 1.29 is 31.6 Å². The molecule has 0 bridgehead atoms. The van der Waals surface area contributed by atoms with Crippen molar-refractivity contribution in [2.75, 3.05) is 12.4 Å². The maximum Gasteiger partial charge on any atom is 0.338 e. The van der Waals surface area contributed by atoms with E-state index in [4.69, 9.17) is 11.2 Å². The highest BCUT2D eigenvalue weighted by atomic mass is 32.2. The first-order valence-electron chi connectivity index (χ1n) is 6.11. The fourth-order valence-corrected chi connectivity index (χ4v) is 1.62. The van der Waals surface area contributed by atoms with Gasteiger partial charge in [-0.1, -0.05) is 5.92 Å². The van der Waals surface area contributed by atoms with Gasteiger partial charge >= 0.3 is 5.97 Å². The summed E-state index contributed by atoms with van der Waals surface area (Å²) in [5, 5.41) is 0. The average Bonchev–Trinajstić information content (AvgIpc) is 2.39. The number of benzene rings is 1. The fraction of sp³-hybridized carbons (Fsp3) is 0.357. The second kappa shape index (κ2) is 6.77. The lowest BCUT2D eigenvalue weighted by Gasteiger charge is -2.20. The van der Waals surface area contributed by atoms with Crippen LogP contribution in [0.2, 0.25) is 0 Å². The molecule has 0 radical (unpaired) electrons. The van der Waals surface area contributed by atoms with E-state index >= 15 is 0 Å². The minimum Gasteiger partial charge on any atom is -0.748 e. The van der Waals surface area contributed by atoms with E-state index in [1.165, 1.54) is 13.8 Å². The lowest BCUT2D eigenvalue weighted by atomic mass is 10.1. The van der Waals surface area contributed by atoms with Crippen LogP contribution in [0.3, 0.4) is 0 Å². The first kappa shape index (κ1) is 17.9. The fourth-order valence-electron chi connectivity index (χ4n) is 1.33. The largest absolute Gasteiger partial charge is 0.748 e. The minimum atomic E-state index is -4.48. The Bertz CT molecular complexity index is 703. The predicted octanol–water partition coefficient (Wildman–Crippen LogP) is 1.32. The van der Waals surface area contributed by atoms with Crippen molar-refractivity contribution in [2.24, 2.45) is 0 Å². The molecule has 0 aliphatic carbocycles. The molecule has 0 fully saturated rings. The van der Waals surface area contributed by atoms with E-state index in [9.17, 15) is 22.2 Å². The number of halogens is 1. The summed E-state index contributed by atoms with van der Waals surface area (Å²) < 4.78 is 54.7. The number of carbonyl (C=O) groups is 1. The van der Waals surface area contributed by atoms with Gasteiger partial charge in [0, 0.05) is 0 Å². The minimum absolute atomic E-state index is 0.0625. The van der Waals surface area contributed by atoms with Crippen molar-refractivity contribution in [3.63, 3.8) is 0 Å². The average molecular weight is 329 g/mol. The molecule has 120 valence electrons. The molecular weight excluding hydrogens is 315 g/mol. The third kappa shape index (κ3) is 5.71. The van der Waals surface area contributed by atoms with Crippen LogP contribution in [0.1, 0.15) is 24.2 Å². The van der Waals surface area contributed by atoms with Gasteiger partial charge in [0.25, 0.3) is 0 Å². The molecule has 0 amide bonds. The highest BCUT2D eigenvalue weighted by Gasteiger charge is 2.20. The smallest absolute Gasteiger partial charge is 0.338 e. The van der Waals surface area contributed by atoms with E-state index in [2.05, 4.69) is 10.7 Å². The van der Waals surface area contributed by atoms with Gasteiger partial charge in [-0.25, -0.2) is 17.6 Å². The first-order valence-corrected chi connectivity index (χ1v) is 7.69. The number of carbonyl (C=O) groups excluding carboxylic acids is 1. The van der Waals surface area contributed by atoms with E-state index in [1.807, 2.05) is 0 Å². The van der Waals surface area contributed by atoms with Gasteiger partial charge in [-0.15, -0.1) is 6.42 Å². The Hall–Kier alpha value is -2.11. The van der Waals surface area contributed by atoms with E-state index < -0.39 is 39.9 Å². The topological polar surface area (TPSA) is 92.7 Å². The molecule has 1 rings (SSSR count). The molecule has 1 aromatic carbocycles. The molecule has 22 heavy (non-hydrogen) atoms. The van der Waals surface area contributed by atoms with Crippen LogP contribution in [-0.4, -0.2) is 36.9 Å². The zero-order valence-electron chi connectivity index (χ0n) is 12.0. The molecule has 8 heteroatoms. The quantitative estimate of drug-likeness (QED) is 0.444. The Balaban J connectivity index is 2.85. The number of rotatable bonds is 6. The van der Waals surface area contributed by atoms with Gasteiger partial charge in [0.2, 0.25) is 0 Å². The molecule has 0 aliphatic heterocycles. The SMILES string of the molecule is C#CC(C)(C)Oc1cc(C(=O)OCCS(=O)(=O)[O-])ccc1F. The summed E-state index contributed by atoms with van der Waals surface area (Å²) in [7, 11) is -4.48. The van der Waals surface area contributed by atoms with Crippen molar-refractivity contribution in [1.82, 2.24) is 0 Å². The maximum absolute atomic E-state index is 13.6. The number of terminal acetylenes is 1. The summed E-state index contributed by atoms with van der Waals surface area (Å²) in [5.41, 5.74) is -1.15. The van der Waals surface area contributed by atoms with Crippen molar-refractivity contribution in [2.45, 2.75) is 19.4 Å². The molecule has 0 atom stereocenters. The molecule has 1 aromatic rings. The van der Waals surface area contributed by atoms with Crippen molar-refractivity contribution in [3.05, 3.63) is 29.6 Å². The van der Waals surface area contributed by atoms with Gasteiger partial charge in [-0.05, 0) is 32.0 Å². The molecule has 0 unspecified atom stereocenters. The molecule has 0 aromatic heterocycles. The molecular formula is C14H14FO6S-. The summed E-state index contributed by atoms with van der Waals surface area (Å²) in [6, 6.07) is 3.21. The van der Waals surface area contributed by atoms with Crippen LogP contribution in [-0.2, 0) is 14.9 Å². The molecule has 0 aliphatic rings. The molecule has 0 saturated heterocycles. The van der Waals surface area contributed by atoms with Gasteiger partial charge < -0.3 is 14.0 Å². The van der Waals surface area contributed by atoms with E-state index in [1.54, 1.807) is 0 Å². The van der Waals surface area contributed by atoms with Crippen molar-refractivity contribution in [3.8, 4) is 18.1 Å². The van der Waals surface area contributed by atoms with Crippen molar-refractivity contribution in [1.29, 1.82) is 0 Å². The van der Waals surface area contributed by atoms with Crippen LogP contribution in [0.15, 0.2) is 18.2 Å². The van der Waals surface area contributed by atoms with E-state index in [0.717, 1.165) is 18.2 Å². The lowest BCUT2D eigenvalue weighted by molar-refractivity contribution is 0.0526. The second-order valence-corrected chi connectivity index (χ2v) is 6.32. The zero-order chi connectivity index (χ0) is 17.0. The summed E-state index contributed by atoms with van der Waals surface area (Å²) >= 11 is 0. The summed E-state index contributed by atoms with van der Waals surface area (Å²) in [5.74, 6) is -0.402. The zero-order valence-corrected chi connectivity index (χ0v) is 12.8. The van der Waals surface area contributed by atoms with E-state index in [-0.39, 0.29) is 11.3 Å². The summed E-state index contributed by atoms with van der Waals surface area (Å²) in [4.78, 5) is 11.7. The summed E-state index contributed by atoms with van der Waals surface area (Å²) in [6.45, 7) is 2.49. The Morgan fingerprint density at radius 2 is 2.09 bits per heavy atom. The summed E-state index contributed by atoms with van der Waals surface area (Å²) in [6.07, 6.45) is 5.23. The third-order valence-corrected chi connectivity index (χ3v) is 3.11. The van der Waals surface area contributed by atoms with Gasteiger partial charge in [0.1, 0.15) is 6.61 Å². The van der Waals surface area contributed by atoms with Crippen LogP contribution in [0.25, 0.3) is 0 Å². The van der Waals surface area contributed by atoms with Crippen molar-refractivity contribution >= 4 is 16.1 Å². The van der Waals surface area contributed by atoms with Gasteiger partial charge in [-0.2, -0.15) is 0 Å². The van der Waals surface area contributed by atoms with Gasteiger partial charge in [-0.3, -0.25) is 0 Å². The molecule has 6 nitrogen and oxygen atoms in total. The Morgan fingerprint density at radius 3 is 2.64 bits per heavy atom. The Labute approximate surface area is 128 Å². The predicted molar refractivity (Wildman–Crippen MR) is 74.8 cm³/mol. The molecule has 0 spiro atoms. The maximum atomic E-state index is 13.6. The molecule has 0 heterocycles. The van der Waals surface area contributed by atoms with Crippen LogP contribution in [0, 0.1) is 18.2 Å². The van der Waals surface area contributed by atoms with Crippen LogP contribution >= 0.6 is 0 Å². The van der Waals surface area contributed by atoms with Crippen LogP contribution in [0.5, 0.6) is 5.75 Å². The number of hydrogen-bond acceptors (Lipinski definition) is 6. The normalized spacial score (nSPS) is 11.6. The molecule has 0 saturated carbocycles. The number of hydrogen-bond donors (Lipinski definition) is 0. The molecule has 0 N–H and O–H groups in total. The first-order chi connectivity index (χ1) is 10.0. The highest BCUT2D eigenvalue weighted by molar-refractivity contribution is 7.85. The Kier molecular flexibility index (Phi) is 5.52. The van der Waals surface area contributed by atoms with Crippen LogP contribution in [0.4, 0.5) is 4.39 Å². The third-order valence-electron chi connectivity index (χ3n) is 2.45.